The molecule has 0 aliphatic heterocycles. The van der Waals surface area contributed by atoms with Gasteiger partial charge in [-0.2, -0.15) is 18.2 Å². The summed E-state index contributed by atoms with van der Waals surface area (Å²) < 4.78 is 46.1. The highest BCUT2D eigenvalue weighted by Crippen LogP contribution is 2.31. The van der Waals surface area contributed by atoms with E-state index in [-0.39, 0.29) is 12.4 Å². The van der Waals surface area contributed by atoms with Gasteiger partial charge in [0.25, 0.3) is 0 Å². The average molecular weight is 335 g/mol. The molecule has 0 saturated heterocycles. The zero-order valence-electron chi connectivity index (χ0n) is 11.4. The van der Waals surface area contributed by atoms with Gasteiger partial charge in [-0.15, -0.1) is 11.3 Å². The molecule has 6 nitrogen and oxygen atoms in total. The molecule has 0 fully saturated rings. The van der Waals surface area contributed by atoms with Gasteiger partial charge in [-0.1, -0.05) is 12.1 Å². The van der Waals surface area contributed by atoms with Crippen molar-refractivity contribution in [3.05, 3.63) is 22.9 Å². The van der Waals surface area contributed by atoms with Crippen LogP contribution in [0.25, 0.3) is 10.7 Å². The molecule has 2 heterocycles. The monoisotopic (exact) mass is 335 g/mol. The second-order valence-corrected chi connectivity index (χ2v) is 5.34. The number of hydrogen-bond donors (Lipinski definition) is 1. The fraction of sp³-hybridized carbons (Fsp3) is 0.417. The molecule has 0 aromatic carbocycles. The molecule has 0 bridgehead atoms. The van der Waals surface area contributed by atoms with Crippen molar-refractivity contribution < 1.29 is 27.2 Å². The fourth-order valence-electron chi connectivity index (χ4n) is 1.44. The lowest BCUT2D eigenvalue weighted by Crippen LogP contribution is -2.23. The number of hydrogen-bond acceptors (Lipinski definition) is 6. The highest BCUT2D eigenvalue weighted by atomic mass is 32.1. The maximum absolute atomic E-state index is 12.4. The minimum absolute atomic E-state index is 0.142. The Hall–Kier alpha value is -2.10. The van der Waals surface area contributed by atoms with E-state index in [1.807, 2.05) is 6.92 Å². The van der Waals surface area contributed by atoms with E-state index >= 15 is 0 Å². The van der Waals surface area contributed by atoms with E-state index in [1.54, 1.807) is 12.1 Å². The van der Waals surface area contributed by atoms with E-state index in [2.05, 4.69) is 20.0 Å². The van der Waals surface area contributed by atoms with Crippen LogP contribution in [0.3, 0.4) is 0 Å². The van der Waals surface area contributed by atoms with Crippen molar-refractivity contribution in [2.24, 2.45) is 0 Å². The number of carbonyl (C=O) groups excluding carboxylic acids is 1. The van der Waals surface area contributed by atoms with Gasteiger partial charge in [-0.3, -0.25) is 0 Å². The van der Waals surface area contributed by atoms with Gasteiger partial charge in [0.15, 0.2) is 0 Å². The molecule has 0 unspecified atom stereocenters. The lowest BCUT2D eigenvalue weighted by Gasteiger charge is -2.03. The van der Waals surface area contributed by atoms with Gasteiger partial charge in [0, 0.05) is 4.88 Å². The number of aromatic nitrogens is 2. The fourth-order valence-corrected chi connectivity index (χ4v) is 2.31. The molecule has 0 spiro atoms. The Morgan fingerprint density at radius 1 is 1.45 bits per heavy atom. The van der Waals surface area contributed by atoms with E-state index in [4.69, 9.17) is 4.74 Å². The van der Waals surface area contributed by atoms with Crippen LogP contribution in [-0.2, 0) is 17.5 Å². The van der Waals surface area contributed by atoms with Crippen molar-refractivity contribution in [2.75, 3.05) is 6.61 Å². The number of rotatable bonds is 5. The minimum atomic E-state index is -4.67. The maximum Gasteiger partial charge on any atom is 0.471 e. The largest absolute Gasteiger partial charge is 0.471 e. The summed E-state index contributed by atoms with van der Waals surface area (Å²) in [5.74, 6) is -1.53. The third-order valence-electron chi connectivity index (χ3n) is 2.39. The Bertz CT molecular complexity index is 639. The van der Waals surface area contributed by atoms with Crippen molar-refractivity contribution >= 4 is 17.4 Å². The smallest absolute Gasteiger partial charge is 0.450 e. The molecule has 0 aliphatic rings. The predicted molar refractivity (Wildman–Crippen MR) is 71.1 cm³/mol. The van der Waals surface area contributed by atoms with Crippen molar-refractivity contribution in [1.82, 2.24) is 15.5 Å². The number of alkyl carbamates (subject to hydrolysis) is 1. The second kappa shape index (κ2) is 6.77. The van der Waals surface area contributed by atoms with Gasteiger partial charge in [0.1, 0.15) is 0 Å². The molecule has 2 rings (SSSR count). The summed E-state index contributed by atoms with van der Waals surface area (Å²) in [7, 11) is 0. The molecule has 10 heteroatoms. The van der Waals surface area contributed by atoms with E-state index in [1.165, 1.54) is 0 Å². The van der Waals surface area contributed by atoms with Crippen LogP contribution in [0.4, 0.5) is 18.0 Å². The Kier molecular flexibility index (Phi) is 5.01. The number of ether oxygens (including phenoxy) is 1. The first-order chi connectivity index (χ1) is 10.4. The topological polar surface area (TPSA) is 77.2 Å². The number of thiophene rings is 1. The normalized spacial score (nSPS) is 11.5. The highest BCUT2D eigenvalue weighted by Gasteiger charge is 2.38. The molecular weight excluding hydrogens is 323 g/mol. The van der Waals surface area contributed by atoms with Crippen LogP contribution in [0.2, 0.25) is 0 Å². The van der Waals surface area contributed by atoms with Crippen LogP contribution < -0.4 is 5.32 Å². The lowest BCUT2D eigenvalue weighted by molar-refractivity contribution is -0.159. The third-order valence-corrected chi connectivity index (χ3v) is 3.48. The van der Waals surface area contributed by atoms with Crippen molar-refractivity contribution in [2.45, 2.75) is 26.1 Å². The first kappa shape index (κ1) is 16.3. The Morgan fingerprint density at radius 2 is 2.23 bits per heavy atom. The first-order valence-corrected chi connectivity index (χ1v) is 7.12. The second-order valence-electron chi connectivity index (χ2n) is 4.18. The van der Waals surface area contributed by atoms with Crippen LogP contribution in [0.1, 0.15) is 24.1 Å². The number of alkyl halides is 3. The molecule has 2 aromatic rings. The number of amides is 1. The average Bonchev–Trinajstić information content (AvgIpc) is 3.10. The predicted octanol–water partition coefficient (Wildman–Crippen LogP) is 3.45. The Morgan fingerprint density at radius 3 is 2.86 bits per heavy atom. The highest BCUT2D eigenvalue weighted by molar-refractivity contribution is 7.15. The maximum atomic E-state index is 12.4. The molecule has 0 saturated carbocycles. The summed E-state index contributed by atoms with van der Waals surface area (Å²) in [6.07, 6.45) is -4.50. The molecule has 2 aromatic heterocycles. The summed E-state index contributed by atoms with van der Waals surface area (Å²) in [6.45, 7) is 2.40. The zero-order valence-corrected chi connectivity index (χ0v) is 12.3. The number of halogens is 3. The SMILES string of the molecule is CCCOC(=O)NCc1ccc(-c2noc(C(F)(F)F)n2)s1. The molecule has 120 valence electrons. The summed E-state index contributed by atoms with van der Waals surface area (Å²) in [4.78, 5) is 15.7. The number of carbonyl (C=O) groups is 1. The van der Waals surface area contributed by atoms with E-state index in [0.717, 1.165) is 22.6 Å². The van der Waals surface area contributed by atoms with Crippen LogP contribution in [0, 0.1) is 0 Å². The first-order valence-electron chi connectivity index (χ1n) is 6.30. The van der Waals surface area contributed by atoms with Crippen LogP contribution in [0.15, 0.2) is 16.7 Å². The molecule has 1 N–H and O–H groups in total. The molecule has 1 amide bonds. The Labute approximate surface area is 127 Å². The van der Waals surface area contributed by atoms with Crippen molar-refractivity contribution in [3.63, 3.8) is 0 Å². The summed E-state index contributed by atoms with van der Waals surface area (Å²) >= 11 is 1.15. The van der Waals surface area contributed by atoms with E-state index < -0.39 is 18.2 Å². The van der Waals surface area contributed by atoms with Crippen LogP contribution in [-0.4, -0.2) is 22.8 Å². The molecule has 0 radical (unpaired) electrons. The standard InChI is InChI=1S/C12H12F3N3O3S/c1-2-5-20-11(19)16-6-7-3-4-8(22-7)9-17-10(21-18-9)12(13,14)15/h3-4H,2,5-6H2,1H3,(H,16,19). The molecule has 0 atom stereocenters. The summed E-state index contributed by atoms with van der Waals surface area (Å²) in [5, 5.41) is 5.83. The van der Waals surface area contributed by atoms with Gasteiger partial charge < -0.3 is 14.6 Å². The van der Waals surface area contributed by atoms with Crippen molar-refractivity contribution in [1.29, 1.82) is 0 Å². The quantitative estimate of drug-likeness (QED) is 0.905. The minimum Gasteiger partial charge on any atom is -0.450 e. The van der Waals surface area contributed by atoms with Gasteiger partial charge in [0.2, 0.25) is 5.82 Å². The van der Waals surface area contributed by atoms with Gasteiger partial charge >= 0.3 is 18.2 Å². The molecule has 22 heavy (non-hydrogen) atoms. The van der Waals surface area contributed by atoms with E-state index in [9.17, 15) is 18.0 Å². The number of nitrogens with zero attached hydrogens (tertiary/aromatic N) is 2. The van der Waals surface area contributed by atoms with Gasteiger partial charge in [-0.05, 0) is 18.6 Å². The molecule has 0 aliphatic carbocycles. The third kappa shape index (κ3) is 4.20. The van der Waals surface area contributed by atoms with Crippen LogP contribution >= 0.6 is 11.3 Å². The summed E-state index contributed by atoms with van der Waals surface area (Å²) in [5.41, 5.74) is 0. The van der Waals surface area contributed by atoms with E-state index in [0.29, 0.717) is 11.5 Å². The summed E-state index contributed by atoms with van der Waals surface area (Å²) in [6, 6.07) is 3.22. The molecular formula is C12H12F3N3O3S. The lowest BCUT2D eigenvalue weighted by atomic mass is 10.4. The zero-order chi connectivity index (χ0) is 16.2. The Balaban J connectivity index is 1.97. The number of nitrogens with one attached hydrogen (secondary N) is 1. The van der Waals surface area contributed by atoms with Crippen molar-refractivity contribution in [3.8, 4) is 10.7 Å². The van der Waals surface area contributed by atoms with Gasteiger partial charge in [-0.25, -0.2) is 4.79 Å². The van der Waals surface area contributed by atoms with Crippen LogP contribution in [0.5, 0.6) is 0 Å². The van der Waals surface area contributed by atoms with Gasteiger partial charge in [0.05, 0.1) is 18.0 Å².